The first-order valence-corrected chi connectivity index (χ1v) is 13.6. The van der Waals surface area contributed by atoms with Gasteiger partial charge in [-0.05, 0) is 30.9 Å². The lowest BCUT2D eigenvalue weighted by molar-refractivity contribution is -0.150. The van der Waals surface area contributed by atoms with E-state index in [9.17, 15) is 31.5 Å². The van der Waals surface area contributed by atoms with Crippen molar-refractivity contribution in [3.63, 3.8) is 0 Å². The maximum atomic E-state index is 14.0. The zero-order chi connectivity index (χ0) is 30.9. The fraction of sp³-hybridized carbons (Fsp3) is 0.577. The van der Waals surface area contributed by atoms with E-state index < -0.39 is 48.9 Å². The van der Waals surface area contributed by atoms with Gasteiger partial charge in [-0.15, -0.1) is 0 Å². The summed E-state index contributed by atoms with van der Waals surface area (Å²) >= 11 is 0. The van der Waals surface area contributed by atoms with Gasteiger partial charge in [0.05, 0.1) is 49.0 Å². The molecule has 0 spiro atoms. The number of nitrogens with one attached hydrogen (secondary N) is 2. The van der Waals surface area contributed by atoms with Gasteiger partial charge in [0.2, 0.25) is 5.92 Å². The van der Waals surface area contributed by atoms with Crippen LogP contribution in [0, 0.1) is 5.92 Å². The maximum absolute atomic E-state index is 14.0. The standard InChI is InChI=1S/C26H31F5N8O4/c1-37-17(5-8-32-37)13-43-24(41)36-22(15-3-6-25(27,28)7-4-15)18-11-39-21(34-18)9-16(10-33-39)19(14-42-2)38-12-20(26(29,30)31)35-23(38)40/h5,8-11,15,19-20,22H,3-4,6-7,12-14H2,1-2H3,(H,35,40)(H,36,41)/t19-,20+,22+/m1/s1. The average Bonchev–Trinajstić information content (AvgIpc) is 3.67. The van der Waals surface area contributed by atoms with Gasteiger partial charge in [-0.2, -0.15) is 23.4 Å². The van der Waals surface area contributed by atoms with Gasteiger partial charge < -0.3 is 25.0 Å². The monoisotopic (exact) mass is 614 g/mol. The highest BCUT2D eigenvalue weighted by molar-refractivity contribution is 5.77. The lowest BCUT2D eigenvalue weighted by Crippen LogP contribution is -2.40. The summed E-state index contributed by atoms with van der Waals surface area (Å²) in [6.07, 6.45) is -1.31. The van der Waals surface area contributed by atoms with Crippen LogP contribution in [0.3, 0.4) is 0 Å². The number of rotatable bonds is 9. The number of ether oxygens (including phenoxy) is 2. The number of carbonyl (C=O) groups excluding carboxylic acids is 2. The molecule has 3 amide bonds. The van der Waals surface area contributed by atoms with E-state index in [-0.39, 0.29) is 50.5 Å². The van der Waals surface area contributed by atoms with Crippen LogP contribution < -0.4 is 10.6 Å². The van der Waals surface area contributed by atoms with Gasteiger partial charge in [-0.25, -0.2) is 27.9 Å². The number of aromatic nitrogens is 5. The molecule has 3 aromatic rings. The van der Waals surface area contributed by atoms with Gasteiger partial charge in [0.25, 0.3) is 0 Å². The number of methoxy groups -OCH3 is 1. The number of amides is 3. The second-order valence-electron chi connectivity index (χ2n) is 10.8. The molecule has 3 aromatic heterocycles. The Kier molecular flexibility index (Phi) is 8.45. The van der Waals surface area contributed by atoms with Crippen molar-refractivity contribution < 1.29 is 41.0 Å². The SMILES string of the molecule is COC[C@H](c1cnn2cc([C@@H](NC(=O)OCc3ccnn3C)C3CCC(F)(F)CC3)nc2c1)N1C[C@@H](C(F)(F)F)NC1=O. The number of urea groups is 1. The molecule has 12 nitrogen and oxygen atoms in total. The molecule has 0 radical (unpaired) electrons. The number of hydrogen-bond acceptors (Lipinski definition) is 7. The Morgan fingerprint density at radius 2 is 2.00 bits per heavy atom. The highest BCUT2D eigenvalue weighted by Crippen LogP contribution is 2.41. The first kappa shape index (κ1) is 30.4. The molecular formula is C26H31F5N8O4. The normalized spacial score (nSPS) is 20.7. The van der Waals surface area contributed by atoms with Crippen LogP contribution in [0.5, 0.6) is 0 Å². The van der Waals surface area contributed by atoms with Crippen LogP contribution in [-0.4, -0.2) is 79.8 Å². The van der Waals surface area contributed by atoms with E-state index in [0.29, 0.717) is 17.0 Å². The van der Waals surface area contributed by atoms with Gasteiger partial charge in [0.15, 0.2) is 5.65 Å². The van der Waals surface area contributed by atoms with E-state index in [1.165, 1.54) is 17.8 Å². The van der Waals surface area contributed by atoms with E-state index >= 15 is 0 Å². The predicted octanol–water partition coefficient (Wildman–Crippen LogP) is 3.90. The van der Waals surface area contributed by atoms with Crippen LogP contribution in [0.2, 0.25) is 0 Å². The van der Waals surface area contributed by atoms with Crippen molar-refractivity contribution in [3.8, 4) is 0 Å². The number of nitrogens with zero attached hydrogens (tertiary/aromatic N) is 6. The average molecular weight is 615 g/mol. The van der Waals surface area contributed by atoms with Crippen molar-refractivity contribution in [1.82, 2.24) is 39.9 Å². The van der Waals surface area contributed by atoms with Gasteiger partial charge in [0, 0.05) is 38.8 Å². The number of alkyl halides is 5. The minimum atomic E-state index is -4.62. The van der Waals surface area contributed by atoms with Crippen molar-refractivity contribution in [2.45, 2.75) is 62.5 Å². The van der Waals surface area contributed by atoms with Gasteiger partial charge in [0.1, 0.15) is 12.6 Å². The number of fused-ring (bicyclic) bond motifs is 1. The molecule has 1 saturated carbocycles. The summed E-state index contributed by atoms with van der Waals surface area (Å²) in [5.41, 5.74) is 1.64. The number of alkyl carbamates (subject to hydrolysis) is 1. The first-order valence-electron chi connectivity index (χ1n) is 13.6. The molecule has 234 valence electrons. The highest BCUT2D eigenvalue weighted by atomic mass is 19.4. The van der Waals surface area contributed by atoms with E-state index in [0.717, 1.165) is 4.90 Å². The third kappa shape index (κ3) is 6.81. The summed E-state index contributed by atoms with van der Waals surface area (Å²) in [5, 5.41) is 13.1. The molecule has 5 rings (SSSR count). The van der Waals surface area contributed by atoms with Crippen LogP contribution in [0.4, 0.5) is 31.5 Å². The Balaban J connectivity index is 1.39. The van der Waals surface area contributed by atoms with Crippen molar-refractivity contribution in [2.24, 2.45) is 13.0 Å². The van der Waals surface area contributed by atoms with Crippen LogP contribution >= 0.6 is 0 Å². The summed E-state index contributed by atoms with van der Waals surface area (Å²) in [4.78, 5) is 30.9. The van der Waals surface area contributed by atoms with Crippen molar-refractivity contribution in [1.29, 1.82) is 0 Å². The van der Waals surface area contributed by atoms with E-state index in [4.69, 9.17) is 9.47 Å². The fourth-order valence-corrected chi connectivity index (χ4v) is 5.46. The van der Waals surface area contributed by atoms with Crippen molar-refractivity contribution in [2.75, 3.05) is 20.3 Å². The number of carbonyl (C=O) groups is 2. The maximum Gasteiger partial charge on any atom is 0.410 e. The second kappa shape index (κ2) is 11.9. The second-order valence-corrected chi connectivity index (χ2v) is 10.8. The molecule has 4 heterocycles. The molecule has 2 N–H and O–H groups in total. The Hall–Kier alpha value is -4.02. The fourth-order valence-electron chi connectivity index (χ4n) is 5.46. The van der Waals surface area contributed by atoms with E-state index in [1.807, 2.05) is 5.32 Å². The van der Waals surface area contributed by atoms with Crippen LogP contribution in [-0.2, 0) is 23.1 Å². The molecule has 1 saturated heterocycles. The van der Waals surface area contributed by atoms with Gasteiger partial charge in [-0.3, -0.25) is 4.68 Å². The molecule has 2 fully saturated rings. The molecule has 0 aromatic carbocycles. The Labute approximate surface area is 242 Å². The molecule has 17 heteroatoms. The molecule has 0 unspecified atom stereocenters. The lowest BCUT2D eigenvalue weighted by atomic mass is 9.81. The van der Waals surface area contributed by atoms with Crippen LogP contribution in [0.1, 0.15) is 54.7 Å². The van der Waals surface area contributed by atoms with Crippen LogP contribution in [0.25, 0.3) is 5.65 Å². The number of aryl methyl sites for hydroxylation is 1. The quantitative estimate of drug-likeness (QED) is 0.350. The number of imidazole rings is 1. The number of halogens is 5. The largest absolute Gasteiger partial charge is 0.443 e. The van der Waals surface area contributed by atoms with Crippen LogP contribution in [0.15, 0.2) is 30.7 Å². The predicted molar refractivity (Wildman–Crippen MR) is 139 cm³/mol. The Morgan fingerprint density at radius 3 is 2.63 bits per heavy atom. The molecule has 1 aliphatic carbocycles. The van der Waals surface area contributed by atoms with E-state index in [2.05, 4.69) is 20.5 Å². The van der Waals surface area contributed by atoms with Gasteiger partial charge >= 0.3 is 18.3 Å². The highest BCUT2D eigenvalue weighted by Gasteiger charge is 2.48. The number of hydrogen-bond donors (Lipinski definition) is 2. The zero-order valence-corrected chi connectivity index (χ0v) is 23.4. The van der Waals surface area contributed by atoms with E-state index in [1.54, 1.807) is 36.3 Å². The summed E-state index contributed by atoms with van der Waals surface area (Å²) in [7, 11) is 3.06. The summed E-state index contributed by atoms with van der Waals surface area (Å²) in [6.45, 7) is -0.777. The molecule has 43 heavy (non-hydrogen) atoms. The van der Waals surface area contributed by atoms with Gasteiger partial charge in [-0.1, -0.05) is 0 Å². The summed E-state index contributed by atoms with van der Waals surface area (Å²) in [6, 6.07) is -1.36. The minimum Gasteiger partial charge on any atom is -0.443 e. The first-order chi connectivity index (χ1) is 20.3. The third-order valence-electron chi connectivity index (χ3n) is 7.88. The smallest absolute Gasteiger partial charge is 0.410 e. The third-order valence-corrected chi connectivity index (χ3v) is 7.88. The Morgan fingerprint density at radius 1 is 1.26 bits per heavy atom. The molecule has 3 atom stereocenters. The summed E-state index contributed by atoms with van der Waals surface area (Å²) < 4.78 is 81.3. The molecular weight excluding hydrogens is 583 g/mol. The molecule has 1 aliphatic heterocycles. The van der Waals surface area contributed by atoms with Crippen molar-refractivity contribution >= 4 is 17.8 Å². The van der Waals surface area contributed by atoms with Crippen molar-refractivity contribution in [3.05, 3.63) is 47.7 Å². The Bertz CT molecular complexity index is 1450. The zero-order valence-electron chi connectivity index (χ0n) is 23.4. The summed E-state index contributed by atoms with van der Waals surface area (Å²) in [5.74, 6) is -3.16. The lowest BCUT2D eigenvalue weighted by Gasteiger charge is -2.33. The topological polar surface area (TPSA) is 128 Å². The minimum absolute atomic E-state index is 0.0615. The molecule has 0 bridgehead atoms. The molecule has 2 aliphatic rings.